The van der Waals surface area contributed by atoms with E-state index in [0.717, 1.165) is 11.3 Å². The topological polar surface area (TPSA) is 70.2 Å². The van der Waals surface area contributed by atoms with Gasteiger partial charge >= 0.3 is 0 Å². The van der Waals surface area contributed by atoms with Crippen molar-refractivity contribution in [2.45, 2.75) is 33.2 Å². The minimum Gasteiger partial charge on any atom is -0.352 e. The van der Waals surface area contributed by atoms with E-state index in [4.69, 9.17) is 0 Å². The quantitative estimate of drug-likeness (QED) is 0.685. The number of carbonyl (C=O) groups excluding carboxylic acids is 2. The second-order valence-electron chi connectivity index (χ2n) is 5.48. The molecule has 116 valence electrons. The molecular weight excluding hydrogens is 266 g/mol. The van der Waals surface area contributed by atoms with Gasteiger partial charge in [0, 0.05) is 31.6 Å². The van der Waals surface area contributed by atoms with Crippen molar-refractivity contribution in [3.8, 4) is 0 Å². The number of nitrogens with one attached hydrogen (secondary N) is 3. The molecule has 0 aliphatic rings. The largest absolute Gasteiger partial charge is 0.352 e. The normalized spacial score (nSPS) is 10.5. The van der Waals surface area contributed by atoms with E-state index in [-0.39, 0.29) is 11.8 Å². The van der Waals surface area contributed by atoms with Gasteiger partial charge < -0.3 is 16.0 Å². The standard InChI is InChI=1S/C16H25N3O2/c1-12(2)9-16(21)19-14-6-4-5-13(10-14)11-18-15(20)7-8-17-3/h4-6,10,12,17H,7-9,11H2,1-3H3,(H,18,20)(H,19,21). The molecule has 0 aromatic heterocycles. The van der Waals surface area contributed by atoms with Gasteiger partial charge in [0.15, 0.2) is 0 Å². The molecular formula is C16H25N3O2. The molecule has 0 bridgehead atoms. The molecule has 1 aromatic rings. The highest BCUT2D eigenvalue weighted by Crippen LogP contribution is 2.12. The monoisotopic (exact) mass is 291 g/mol. The number of hydrogen-bond acceptors (Lipinski definition) is 3. The summed E-state index contributed by atoms with van der Waals surface area (Å²) in [6.07, 6.45) is 0.965. The molecule has 5 nitrogen and oxygen atoms in total. The summed E-state index contributed by atoms with van der Waals surface area (Å²) in [4.78, 5) is 23.3. The number of hydrogen-bond donors (Lipinski definition) is 3. The van der Waals surface area contributed by atoms with E-state index < -0.39 is 0 Å². The molecule has 1 rings (SSSR count). The molecule has 0 aliphatic carbocycles. The Labute approximate surface area is 126 Å². The van der Waals surface area contributed by atoms with Crippen LogP contribution in [0, 0.1) is 5.92 Å². The highest BCUT2D eigenvalue weighted by atomic mass is 16.2. The summed E-state index contributed by atoms with van der Waals surface area (Å²) in [6.45, 7) is 5.15. The van der Waals surface area contributed by atoms with E-state index in [9.17, 15) is 9.59 Å². The number of amides is 2. The lowest BCUT2D eigenvalue weighted by Crippen LogP contribution is -2.26. The SMILES string of the molecule is CNCCC(=O)NCc1cccc(NC(=O)CC(C)C)c1. The summed E-state index contributed by atoms with van der Waals surface area (Å²) in [5.41, 5.74) is 1.73. The van der Waals surface area contributed by atoms with Crippen LogP contribution in [0.2, 0.25) is 0 Å². The molecule has 0 saturated heterocycles. The first-order valence-corrected chi connectivity index (χ1v) is 7.31. The van der Waals surface area contributed by atoms with Gasteiger partial charge in [-0.25, -0.2) is 0 Å². The fraction of sp³-hybridized carbons (Fsp3) is 0.500. The van der Waals surface area contributed by atoms with Crippen LogP contribution < -0.4 is 16.0 Å². The Balaban J connectivity index is 2.48. The van der Waals surface area contributed by atoms with Gasteiger partial charge in [-0.15, -0.1) is 0 Å². The molecule has 0 fully saturated rings. The van der Waals surface area contributed by atoms with Crippen molar-refractivity contribution in [2.24, 2.45) is 5.92 Å². The Morgan fingerprint density at radius 2 is 1.95 bits per heavy atom. The van der Waals surface area contributed by atoms with E-state index in [1.807, 2.05) is 45.2 Å². The van der Waals surface area contributed by atoms with Crippen molar-refractivity contribution in [3.63, 3.8) is 0 Å². The van der Waals surface area contributed by atoms with E-state index in [2.05, 4.69) is 16.0 Å². The second kappa shape index (κ2) is 9.13. The fourth-order valence-corrected chi connectivity index (χ4v) is 1.87. The Bertz CT molecular complexity index is 472. The molecule has 0 radical (unpaired) electrons. The van der Waals surface area contributed by atoms with Crippen LogP contribution in [0.1, 0.15) is 32.3 Å². The third-order valence-electron chi connectivity index (χ3n) is 2.90. The molecule has 0 spiro atoms. The van der Waals surface area contributed by atoms with E-state index in [1.165, 1.54) is 0 Å². The van der Waals surface area contributed by atoms with Crippen LogP contribution in [0.3, 0.4) is 0 Å². The van der Waals surface area contributed by atoms with Crippen LogP contribution in [0.5, 0.6) is 0 Å². The molecule has 0 aliphatic heterocycles. The predicted octanol–water partition coefficient (Wildman–Crippen LogP) is 1.90. The van der Waals surface area contributed by atoms with Crippen molar-refractivity contribution in [3.05, 3.63) is 29.8 Å². The Hall–Kier alpha value is -1.88. The van der Waals surface area contributed by atoms with Crippen LogP contribution in [0.15, 0.2) is 24.3 Å². The number of carbonyl (C=O) groups is 2. The van der Waals surface area contributed by atoms with Gasteiger partial charge in [0.2, 0.25) is 11.8 Å². The van der Waals surface area contributed by atoms with Gasteiger partial charge in [0.25, 0.3) is 0 Å². The summed E-state index contributed by atoms with van der Waals surface area (Å²) in [6, 6.07) is 7.54. The first kappa shape index (κ1) is 17.2. The van der Waals surface area contributed by atoms with Gasteiger partial charge in [-0.3, -0.25) is 9.59 Å². The first-order chi connectivity index (χ1) is 10.0. The Morgan fingerprint density at radius 1 is 1.19 bits per heavy atom. The zero-order valence-corrected chi connectivity index (χ0v) is 13.0. The summed E-state index contributed by atoms with van der Waals surface area (Å²) in [7, 11) is 1.82. The fourth-order valence-electron chi connectivity index (χ4n) is 1.87. The van der Waals surface area contributed by atoms with Gasteiger partial charge in [-0.05, 0) is 30.7 Å². The molecule has 3 N–H and O–H groups in total. The number of anilines is 1. The summed E-state index contributed by atoms with van der Waals surface area (Å²) >= 11 is 0. The smallest absolute Gasteiger partial charge is 0.224 e. The number of rotatable bonds is 8. The average Bonchev–Trinajstić information content (AvgIpc) is 2.42. The molecule has 0 heterocycles. The van der Waals surface area contributed by atoms with Gasteiger partial charge in [-0.1, -0.05) is 26.0 Å². The lowest BCUT2D eigenvalue weighted by atomic mass is 10.1. The minimum absolute atomic E-state index is 0.0126. The highest BCUT2D eigenvalue weighted by Gasteiger charge is 2.06. The van der Waals surface area contributed by atoms with Crippen LogP contribution >= 0.6 is 0 Å². The maximum Gasteiger partial charge on any atom is 0.224 e. The molecule has 2 amide bonds. The van der Waals surface area contributed by atoms with Crippen LogP contribution in [0.25, 0.3) is 0 Å². The second-order valence-corrected chi connectivity index (χ2v) is 5.48. The van der Waals surface area contributed by atoms with Gasteiger partial charge in [0.1, 0.15) is 0 Å². The van der Waals surface area contributed by atoms with E-state index in [1.54, 1.807) is 0 Å². The summed E-state index contributed by atoms with van der Waals surface area (Å²) in [5.74, 6) is 0.360. The number of benzene rings is 1. The minimum atomic E-state index is 0.0126. The van der Waals surface area contributed by atoms with Crippen molar-refractivity contribution >= 4 is 17.5 Å². The molecule has 0 atom stereocenters. The first-order valence-electron chi connectivity index (χ1n) is 7.31. The van der Waals surface area contributed by atoms with Crippen LogP contribution in [-0.4, -0.2) is 25.4 Å². The maximum absolute atomic E-state index is 11.7. The van der Waals surface area contributed by atoms with Crippen molar-refractivity contribution in [2.75, 3.05) is 18.9 Å². The van der Waals surface area contributed by atoms with E-state index >= 15 is 0 Å². The van der Waals surface area contributed by atoms with Crippen molar-refractivity contribution in [1.29, 1.82) is 0 Å². The van der Waals surface area contributed by atoms with Gasteiger partial charge in [-0.2, -0.15) is 0 Å². The molecule has 0 unspecified atom stereocenters. The zero-order chi connectivity index (χ0) is 15.7. The third kappa shape index (κ3) is 7.46. The summed E-state index contributed by atoms with van der Waals surface area (Å²) in [5, 5.41) is 8.66. The lowest BCUT2D eigenvalue weighted by Gasteiger charge is -2.09. The molecule has 0 saturated carbocycles. The molecule has 21 heavy (non-hydrogen) atoms. The maximum atomic E-state index is 11.7. The van der Waals surface area contributed by atoms with Crippen molar-refractivity contribution < 1.29 is 9.59 Å². The molecule has 1 aromatic carbocycles. The molecule has 5 heteroatoms. The van der Waals surface area contributed by atoms with Crippen LogP contribution in [-0.2, 0) is 16.1 Å². The van der Waals surface area contributed by atoms with Crippen LogP contribution in [0.4, 0.5) is 5.69 Å². The lowest BCUT2D eigenvalue weighted by molar-refractivity contribution is -0.121. The third-order valence-corrected chi connectivity index (χ3v) is 2.90. The van der Waals surface area contributed by atoms with Crippen molar-refractivity contribution in [1.82, 2.24) is 10.6 Å². The highest BCUT2D eigenvalue weighted by molar-refractivity contribution is 5.90. The summed E-state index contributed by atoms with van der Waals surface area (Å²) < 4.78 is 0. The zero-order valence-electron chi connectivity index (χ0n) is 13.0. The Kier molecular flexibility index (Phi) is 7.46. The predicted molar refractivity (Wildman–Crippen MR) is 84.9 cm³/mol. The van der Waals surface area contributed by atoms with Gasteiger partial charge in [0.05, 0.1) is 0 Å². The van der Waals surface area contributed by atoms with E-state index in [0.29, 0.717) is 31.8 Å². The average molecular weight is 291 g/mol. The Morgan fingerprint density at radius 3 is 2.62 bits per heavy atom.